The number of aliphatic imine (C=N–C) groups is 2. The minimum Gasteiger partial charge on any atom is -0.455 e. The van der Waals surface area contributed by atoms with Gasteiger partial charge in [0.1, 0.15) is 23.2 Å². The van der Waals surface area contributed by atoms with Crippen LogP contribution in [-0.4, -0.2) is 16.7 Å². The summed E-state index contributed by atoms with van der Waals surface area (Å²) in [5, 5.41) is 11.5. The molecule has 10 aromatic rings. The highest BCUT2D eigenvalue weighted by molar-refractivity contribution is 7.26. The summed E-state index contributed by atoms with van der Waals surface area (Å²) in [6, 6.07) is 54.9. The predicted octanol–water partition coefficient (Wildman–Crippen LogP) is 11.8. The summed E-state index contributed by atoms with van der Waals surface area (Å²) in [5.74, 6) is 1.47. The van der Waals surface area contributed by atoms with Crippen LogP contribution in [0.2, 0.25) is 0 Å². The fourth-order valence-electron chi connectivity index (χ4n) is 7.60. The van der Waals surface area contributed by atoms with Crippen LogP contribution in [0, 0.1) is 0 Å². The number of para-hydroxylation sites is 1. The van der Waals surface area contributed by atoms with Crippen LogP contribution in [0.15, 0.2) is 172 Å². The van der Waals surface area contributed by atoms with Gasteiger partial charge in [-0.05, 0) is 64.9 Å². The quantitative estimate of drug-likeness (QED) is 0.201. The number of thiophene rings is 1. The first kappa shape index (κ1) is 29.1. The molecule has 0 fully saturated rings. The van der Waals surface area contributed by atoms with Gasteiger partial charge in [0, 0.05) is 47.6 Å². The van der Waals surface area contributed by atoms with Crippen molar-refractivity contribution in [1.82, 2.24) is 10.3 Å². The van der Waals surface area contributed by atoms with Crippen molar-refractivity contribution in [3.05, 3.63) is 174 Å². The third-order valence-corrected chi connectivity index (χ3v) is 11.3. The van der Waals surface area contributed by atoms with Gasteiger partial charge in [0.25, 0.3) is 0 Å². The maximum atomic E-state index is 6.69. The molecule has 1 unspecified atom stereocenters. The molecule has 1 N–H and O–H groups in total. The Bertz CT molecular complexity index is 3120. The highest BCUT2D eigenvalue weighted by Crippen LogP contribution is 2.41. The minimum atomic E-state index is -0.316. The molecule has 11 rings (SSSR count). The lowest BCUT2D eigenvalue weighted by Gasteiger charge is -2.24. The lowest BCUT2D eigenvalue weighted by Crippen LogP contribution is -2.33. The maximum absolute atomic E-state index is 6.69. The van der Waals surface area contributed by atoms with E-state index in [-0.39, 0.29) is 6.17 Å². The molecule has 1 aliphatic rings. The van der Waals surface area contributed by atoms with Gasteiger partial charge in [-0.15, -0.1) is 11.3 Å². The van der Waals surface area contributed by atoms with Crippen LogP contribution in [0.4, 0.5) is 0 Å². The largest absolute Gasteiger partial charge is 0.455 e. The topological polar surface area (TPSA) is 62.8 Å². The summed E-state index contributed by atoms with van der Waals surface area (Å²) in [6.45, 7) is 0. The van der Waals surface area contributed by atoms with E-state index in [2.05, 4.69) is 139 Å². The van der Waals surface area contributed by atoms with Gasteiger partial charge >= 0.3 is 0 Å². The predicted molar refractivity (Wildman–Crippen MR) is 217 cm³/mol. The van der Waals surface area contributed by atoms with Gasteiger partial charge in [-0.25, -0.2) is 15.0 Å². The van der Waals surface area contributed by atoms with Gasteiger partial charge in [-0.2, -0.15) is 0 Å². The summed E-state index contributed by atoms with van der Waals surface area (Å²) in [6.07, 6.45) is -0.316. The van der Waals surface area contributed by atoms with Crippen LogP contribution in [-0.2, 0) is 0 Å². The molecule has 1 aliphatic heterocycles. The number of fused-ring (bicyclic) bond motifs is 9. The third-order valence-electron chi connectivity index (χ3n) is 10.1. The zero-order valence-electron chi connectivity index (χ0n) is 27.7. The lowest BCUT2D eigenvalue weighted by atomic mass is 9.99. The van der Waals surface area contributed by atoms with Crippen LogP contribution in [0.3, 0.4) is 0 Å². The first-order valence-corrected chi connectivity index (χ1v) is 18.2. The van der Waals surface area contributed by atoms with Gasteiger partial charge in [0.2, 0.25) is 0 Å². The molecular weight excluding hydrogens is 657 g/mol. The Labute approximate surface area is 302 Å². The summed E-state index contributed by atoms with van der Waals surface area (Å²) in [4.78, 5) is 15.8. The highest BCUT2D eigenvalue weighted by Gasteiger charge is 2.25. The van der Waals surface area contributed by atoms with Gasteiger partial charge in [-0.3, -0.25) is 0 Å². The fraction of sp³-hybridized carbons (Fsp3) is 0.0217. The van der Waals surface area contributed by atoms with E-state index in [0.29, 0.717) is 5.84 Å². The molecule has 0 aliphatic carbocycles. The molecule has 3 aromatic heterocycles. The molecule has 7 aromatic carbocycles. The van der Waals surface area contributed by atoms with Crippen molar-refractivity contribution in [2.24, 2.45) is 9.98 Å². The zero-order valence-corrected chi connectivity index (χ0v) is 28.6. The smallest absolute Gasteiger partial charge is 0.159 e. The number of aromatic nitrogens is 1. The van der Waals surface area contributed by atoms with E-state index in [4.69, 9.17) is 19.4 Å². The van der Waals surface area contributed by atoms with E-state index in [9.17, 15) is 0 Å². The minimum absolute atomic E-state index is 0.316. The Hall–Kier alpha value is -6.63. The summed E-state index contributed by atoms with van der Waals surface area (Å²) in [7, 11) is 0. The van der Waals surface area contributed by atoms with E-state index < -0.39 is 0 Å². The Kier molecular flexibility index (Phi) is 6.42. The molecule has 0 bridgehead atoms. The van der Waals surface area contributed by atoms with Crippen LogP contribution < -0.4 is 5.32 Å². The number of pyridine rings is 1. The normalized spacial score (nSPS) is 14.7. The van der Waals surface area contributed by atoms with Crippen LogP contribution in [0.25, 0.3) is 75.0 Å². The van der Waals surface area contributed by atoms with E-state index in [1.54, 1.807) is 11.3 Å². The summed E-state index contributed by atoms with van der Waals surface area (Å²) < 4.78 is 9.15. The van der Waals surface area contributed by atoms with Crippen molar-refractivity contribution < 1.29 is 4.42 Å². The average Bonchev–Trinajstić information content (AvgIpc) is 3.79. The van der Waals surface area contributed by atoms with Crippen molar-refractivity contribution in [2.75, 3.05) is 0 Å². The Morgan fingerprint density at radius 1 is 0.596 bits per heavy atom. The van der Waals surface area contributed by atoms with Gasteiger partial charge in [0.15, 0.2) is 5.84 Å². The summed E-state index contributed by atoms with van der Waals surface area (Å²) in [5.41, 5.74) is 7.51. The SMILES string of the molecule is c1ccc(C2N=C(c3ccc4oc5c6ccccc6nc(-c6ccc7ccccc7c6)c5c4c3)N=C(c3cccc4c3sc3ccccc34)N2)cc1. The standard InChI is InChI=1S/C46H28N4OS/c1-2-12-28(13-3-1)44-48-45(50-46(49-44)35-18-10-17-33-32-15-7-9-20-39(32)52-43(33)35)31-23-24-38-36(26-31)40-41(30-22-21-27-11-4-5-14-29(27)25-30)47-37-19-8-6-16-34(37)42(40)51-38/h1-26,44H,(H,48,49,50). The number of amidine groups is 2. The fourth-order valence-corrected chi connectivity index (χ4v) is 8.82. The van der Waals surface area contributed by atoms with Gasteiger partial charge in [0.05, 0.1) is 16.6 Å². The van der Waals surface area contributed by atoms with Crippen molar-refractivity contribution in [1.29, 1.82) is 0 Å². The van der Waals surface area contributed by atoms with Gasteiger partial charge in [-0.1, -0.05) is 109 Å². The van der Waals surface area contributed by atoms with E-state index in [1.165, 1.54) is 30.9 Å². The molecule has 6 heteroatoms. The second kappa shape index (κ2) is 11.5. The molecule has 52 heavy (non-hydrogen) atoms. The van der Waals surface area contributed by atoms with Crippen molar-refractivity contribution in [3.8, 4) is 11.3 Å². The molecule has 5 nitrogen and oxygen atoms in total. The average molecular weight is 685 g/mol. The van der Waals surface area contributed by atoms with Crippen LogP contribution >= 0.6 is 11.3 Å². The van der Waals surface area contributed by atoms with E-state index >= 15 is 0 Å². The highest BCUT2D eigenvalue weighted by atomic mass is 32.1. The van der Waals surface area contributed by atoms with E-state index in [0.717, 1.165) is 66.6 Å². The molecule has 0 saturated carbocycles. The molecular formula is C46H28N4OS. The van der Waals surface area contributed by atoms with Crippen LogP contribution in [0.1, 0.15) is 22.9 Å². The van der Waals surface area contributed by atoms with Crippen molar-refractivity contribution in [3.63, 3.8) is 0 Å². The Morgan fingerprint density at radius 2 is 1.37 bits per heavy atom. The molecule has 0 saturated heterocycles. The lowest BCUT2D eigenvalue weighted by molar-refractivity contribution is 0.672. The number of benzene rings is 7. The molecule has 0 spiro atoms. The summed E-state index contributed by atoms with van der Waals surface area (Å²) >= 11 is 1.80. The zero-order chi connectivity index (χ0) is 34.2. The monoisotopic (exact) mass is 684 g/mol. The Morgan fingerprint density at radius 3 is 2.29 bits per heavy atom. The number of nitrogens with zero attached hydrogens (tertiary/aromatic N) is 3. The number of hydrogen-bond acceptors (Lipinski definition) is 6. The molecule has 4 heterocycles. The number of rotatable bonds is 4. The maximum Gasteiger partial charge on any atom is 0.159 e. The molecule has 244 valence electrons. The number of hydrogen-bond donors (Lipinski definition) is 1. The Balaban J connectivity index is 1.14. The first-order chi connectivity index (χ1) is 25.7. The first-order valence-electron chi connectivity index (χ1n) is 17.4. The molecule has 0 radical (unpaired) electrons. The van der Waals surface area contributed by atoms with Crippen LogP contribution in [0.5, 0.6) is 0 Å². The van der Waals surface area contributed by atoms with E-state index in [1.807, 2.05) is 24.3 Å². The van der Waals surface area contributed by atoms with Crippen molar-refractivity contribution in [2.45, 2.75) is 6.17 Å². The second-order valence-corrected chi connectivity index (χ2v) is 14.3. The number of furan rings is 1. The molecule has 0 amide bonds. The third kappa shape index (κ3) is 4.58. The molecule has 1 atom stereocenters. The number of nitrogens with one attached hydrogen (secondary N) is 1. The second-order valence-electron chi connectivity index (χ2n) is 13.2. The van der Waals surface area contributed by atoms with Gasteiger partial charge < -0.3 is 9.73 Å². The van der Waals surface area contributed by atoms with Crippen molar-refractivity contribution >= 4 is 86.8 Å².